The van der Waals surface area contributed by atoms with Gasteiger partial charge in [0.15, 0.2) is 34.8 Å². The number of hydrogen-bond donors (Lipinski definition) is 2. The van der Waals surface area contributed by atoms with Crippen molar-refractivity contribution in [1.82, 2.24) is 39.9 Å². The van der Waals surface area contributed by atoms with Crippen molar-refractivity contribution in [3.05, 3.63) is 118 Å². The molecule has 0 radical (unpaired) electrons. The first-order valence-corrected chi connectivity index (χ1v) is 26.7. The Bertz CT molecular complexity index is 3540. The van der Waals surface area contributed by atoms with Gasteiger partial charge in [-0.05, 0) is 107 Å². The van der Waals surface area contributed by atoms with Crippen LogP contribution in [0.25, 0.3) is 89.7 Å². The number of aromatic nitrogens is 8. The molecule has 4 aromatic carbocycles. The topological polar surface area (TPSA) is 155 Å². The van der Waals surface area contributed by atoms with Crippen molar-refractivity contribution in [2.45, 2.75) is 116 Å². The zero-order chi connectivity index (χ0) is 48.6. The predicted octanol–water partition coefficient (Wildman–Crippen LogP) is 14.1. The van der Waals surface area contributed by atoms with Crippen LogP contribution in [0.4, 0.5) is 0 Å². The summed E-state index contributed by atoms with van der Waals surface area (Å²) in [6.45, 7) is 10.2. The largest absolute Gasteiger partial charge is 0.489 e. The molecule has 0 aliphatic carbocycles. The number of fused-ring (bicyclic) bond motifs is 35. The van der Waals surface area contributed by atoms with Gasteiger partial charge in [0.05, 0.1) is 13.2 Å². The SMILES string of the molecule is CCCCC(CC)COc1cc2c3nc4nc(nc5[nH]c(nc6nc(nc([nH]3)c2cc1OCC(CC)CCCC)-c1cc2c(cc1-6)[C@@H]1C=C[C@H]2O1)c1cc2c(cc51)[C@@H]1C=C[C@H]2O1)-c1cc2c(cc1-4)[C@@H]1C=C[C@H]2O1. The highest BCUT2D eigenvalue weighted by Gasteiger charge is 2.39. The summed E-state index contributed by atoms with van der Waals surface area (Å²) in [5.74, 6) is 4.40. The highest BCUT2D eigenvalue weighted by molar-refractivity contribution is 6.08. The molecule has 7 aromatic rings. The minimum Gasteiger partial charge on any atom is -0.489 e. The number of H-pyrrole nitrogens is 2. The first-order chi connectivity index (χ1) is 35.9. The second kappa shape index (κ2) is 16.7. The lowest BCUT2D eigenvalue weighted by Gasteiger charge is -2.20. The maximum Gasteiger partial charge on any atom is 0.164 e. The van der Waals surface area contributed by atoms with E-state index >= 15 is 0 Å². The third-order valence-electron chi connectivity index (χ3n) is 16.6. The monoisotopic (exact) mass is 968 g/mol. The first kappa shape index (κ1) is 43.5. The molecule has 8 atom stereocenters. The van der Waals surface area contributed by atoms with Crippen LogP contribution in [0.2, 0.25) is 0 Å². The molecule has 2 N–H and O–H groups in total. The Morgan fingerprint density at radius 3 is 1.01 bits per heavy atom. The summed E-state index contributed by atoms with van der Waals surface area (Å²) in [6.07, 6.45) is 21.1. The lowest BCUT2D eigenvalue weighted by Crippen LogP contribution is -2.14. The van der Waals surface area contributed by atoms with E-state index in [1.165, 1.54) is 0 Å². The quantitative estimate of drug-likeness (QED) is 0.100. The maximum atomic E-state index is 6.88. The number of rotatable bonds is 14. The Morgan fingerprint density at radius 2 is 0.712 bits per heavy atom. The normalized spacial score (nSPS) is 22.4. The third-order valence-corrected chi connectivity index (χ3v) is 16.6. The smallest absolute Gasteiger partial charge is 0.164 e. The minimum atomic E-state index is -0.122. The van der Waals surface area contributed by atoms with E-state index < -0.39 is 0 Å². The molecule has 73 heavy (non-hydrogen) atoms. The molecule has 2 unspecified atom stereocenters. The zero-order valence-corrected chi connectivity index (χ0v) is 41.5. The lowest BCUT2D eigenvalue weighted by atomic mass is 9.92. The molecule has 8 aliphatic rings. The Labute approximate surface area is 422 Å². The molecule has 14 bridgehead atoms. The highest BCUT2D eigenvalue weighted by Crippen LogP contribution is 2.53. The lowest BCUT2D eigenvalue weighted by molar-refractivity contribution is 0.0877. The minimum absolute atomic E-state index is 0.107. The summed E-state index contributed by atoms with van der Waals surface area (Å²) in [5.41, 5.74) is 12.8. The van der Waals surface area contributed by atoms with Crippen LogP contribution < -0.4 is 9.47 Å². The molecule has 8 aliphatic heterocycles. The summed E-state index contributed by atoms with van der Waals surface area (Å²) in [6, 6.07) is 17.4. The number of nitrogens with zero attached hydrogens (tertiary/aromatic N) is 6. The predicted molar refractivity (Wildman–Crippen MR) is 281 cm³/mol. The number of unbranched alkanes of at least 4 members (excludes halogenated alkanes) is 2. The average Bonchev–Trinajstić information content (AvgIpc) is 4.29. The van der Waals surface area contributed by atoms with E-state index in [1.54, 1.807) is 0 Å². The molecule has 3 aromatic heterocycles. The summed E-state index contributed by atoms with van der Waals surface area (Å²) in [4.78, 5) is 39.9. The highest BCUT2D eigenvalue weighted by atomic mass is 16.5. The summed E-state index contributed by atoms with van der Waals surface area (Å²) in [5, 5.41) is 3.52. The zero-order valence-electron chi connectivity index (χ0n) is 41.5. The average molecular weight is 969 g/mol. The number of nitrogens with one attached hydrogen (secondary N) is 2. The van der Waals surface area contributed by atoms with Crippen molar-refractivity contribution in [3.8, 4) is 57.1 Å². The van der Waals surface area contributed by atoms with Crippen molar-refractivity contribution in [2.24, 2.45) is 11.8 Å². The van der Waals surface area contributed by atoms with Crippen LogP contribution in [-0.4, -0.2) is 53.1 Å². The Kier molecular flexibility index (Phi) is 9.98. The molecular formula is C60H56N8O5. The van der Waals surface area contributed by atoms with Gasteiger partial charge in [0.2, 0.25) is 0 Å². The van der Waals surface area contributed by atoms with Crippen molar-refractivity contribution in [1.29, 1.82) is 0 Å². The van der Waals surface area contributed by atoms with Crippen LogP contribution in [0.3, 0.4) is 0 Å². The Balaban J connectivity index is 1.01. The van der Waals surface area contributed by atoms with Crippen LogP contribution in [0.15, 0.2) is 85.0 Å². The van der Waals surface area contributed by atoms with E-state index in [-0.39, 0.29) is 36.6 Å². The Morgan fingerprint density at radius 1 is 0.411 bits per heavy atom. The second-order valence-electron chi connectivity index (χ2n) is 21.1. The van der Waals surface area contributed by atoms with Crippen molar-refractivity contribution in [3.63, 3.8) is 0 Å². The summed E-state index contributed by atoms with van der Waals surface area (Å²) >= 11 is 0. The van der Waals surface area contributed by atoms with Crippen LogP contribution in [0.1, 0.15) is 149 Å². The van der Waals surface area contributed by atoms with E-state index in [2.05, 4.69) is 123 Å². The van der Waals surface area contributed by atoms with Gasteiger partial charge in [0.25, 0.3) is 0 Å². The number of hydrogen-bond acceptors (Lipinski definition) is 11. The molecule has 0 saturated heterocycles. The number of aromatic amines is 2. The molecule has 0 amide bonds. The van der Waals surface area contributed by atoms with Crippen molar-refractivity contribution < 1.29 is 23.7 Å². The molecule has 0 fully saturated rings. The Hall–Kier alpha value is -7.06. The fraction of sp³-hybridized carbons (Fsp3) is 0.367. The van der Waals surface area contributed by atoms with Crippen molar-refractivity contribution in [2.75, 3.05) is 13.2 Å². The third kappa shape index (κ3) is 6.84. The fourth-order valence-electron chi connectivity index (χ4n) is 12.4. The van der Waals surface area contributed by atoms with Gasteiger partial charge in [-0.15, -0.1) is 0 Å². The number of benzene rings is 4. The first-order valence-electron chi connectivity index (χ1n) is 26.7. The molecule has 11 heterocycles. The van der Waals surface area contributed by atoms with E-state index in [1.807, 2.05) is 0 Å². The van der Waals surface area contributed by atoms with Gasteiger partial charge in [0, 0.05) is 43.8 Å². The van der Waals surface area contributed by atoms with E-state index in [0.717, 1.165) is 129 Å². The summed E-state index contributed by atoms with van der Waals surface area (Å²) in [7, 11) is 0. The maximum absolute atomic E-state index is 6.88. The number of ether oxygens (including phenoxy) is 5. The molecule has 366 valence electrons. The van der Waals surface area contributed by atoms with E-state index in [9.17, 15) is 0 Å². The van der Waals surface area contributed by atoms with E-state index in [0.29, 0.717) is 82.4 Å². The van der Waals surface area contributed by atoms with Crippen LogP contribution in [0, 0.1) is 11.8 Å². The van der Waals surface area contributed by atoms with Crippen LogP contribution in [0.5, 0.6) is 11.5 Å². The molecule has 13 heteroatoms. The van der Waals surface area contributed by atoms with Gasteiger partial charge < -0.3 is 33.7 Å². The van der Waals surface area contributed by atoms with Gasteiger partial charge >= 0.3 is 0 Å². The van der Waals surface area contributed by atoms with Crippen LogP contribution >= 0.6 is 0 Å². The molecular weight excluding hydrogens is 913 g/mol. The summed E-state index contributed by atoms with van der Waals surface area (Å²) < 4.78 is 32.9. The van der Waals surface area contributed by atoms with E-state index in [4.69, 9.17) is 53.6 Å². The molecule has 15 rings (SSSR count). The van der Waals surface area contributed by atoms with Crippen LogP contribution in [-0.2, 0) is 14.2 Å². The van der Waals surface area contributed by atoms with Gasteiger partial charge in [-0.25, -0.2) is 29.9 Å². The van der Waals surface area contributed by atoms with Gasteiger partial charge in [-0.2, -0.15) is 0 Å². The molecule has 0 saturated carbocycles. The van der Waals surface area contributed by atoms with Gasteiger partial charge in [-0.3, -0.25) is 0 Å². The van der Waals surface area contributed by atoms with Crippen molar-refractivity contribution >= 4 is 44.1 Å². The second-order valence-corrected chi connectivity index (χ2v) is 21.1. The van der Waals surface area contributed by atoms with Gasteiger partial charge in [0.1, 0.15) is 59.2 Å². The molecule has 0 spiro atoms. The fourth-order valence-corrected chi connectivity index (χ4v) is 12.4. The molecule has 13 nitrogen and oxygen atoms in total. The standard InChI is InChI=1S/C60H56N8O5/c1-5-9-11-29(7-3)27-69-51-25-43-44(26-52(51)70-28-30(8-4)12-10-6-2)60-67-58-42-24-36-34(48-16-18-50(36)73-48)22-40(42)56(65-58)63-54-38-20-32-31(45-13-14-46(32)71-45)19-37(38)53(61-54)62-55-39-21-33-35(49-17-15-47(33)72-49)23-41(39)57(64-55)66-59(43)68-60/h13-26,29-30,45-50H,5-12,27-28H2,1-4H3,(H2,61,62,63,64,65,66,67,68)/t29?,30?,45-,46+,47+,48-,49-,50+. The van der Waals surface area contributed by atoms with Gasteiger partial charge in [-0.1, -0.05) is 103 Å².